The van der Waals surface area contributed by atoms with E-state index in [-0.39, 0.29) is 0 Å². The van der Waals surface area contributed by atoms with Gasteiger partial charge in [0.1, 0.15) is 11.4 Å². The standard InChI is InChI=1S/C16H12INO2/c1-19-13-9-7-12(8-10-13)16-14(17)15(18-20-16)11-5-3-2-4-6-11/h2-10H,1H3. The topological polar surface area (TPSA) is 35.3 Å². The lowest BCUT2D eigenvalue weighted by atomic mass is 10.1. The molecular weight excluding hydrogens is 365 g/mol. The third-order valence-corrected chi connectivity index (χ3v) is 4.04. The van der Waals surface area contributed by atoms with Crippen molar-refractivity contribution in [3.8, 4) is 28.3 Å². The first-order chi connectivity index (χ1) is 9.79. The Kier molecular flexibility index (Phi) is 3.73. The van der Waals surface area contributed by atoms with Crippen molar-refractivity contribution in [1.82, 2.24) is 5.16 Å². The highest BCUT2D eigenvalue weighted by molar-refractivity contribution is 14.1. The molecule has 3 aromatic rings. The Hall–Kier alpha value is -1.82. The molecule has 100 valence electrons. The first-order valence-corrected chi connectivity index (χ1v) is 7.22. The fourth-order valence-electron chi connectivity index (χ4n) is 1.98. The van der Waals surface area contributed by atoms with Crippen LogP contribution in [0.25, 0.3) is 22.6 Å². The number of methoxy groups -OCH3 is 1. The molecule has 3 nitrogen and oxygen atoms in total. The average Bonchev–Trinajstić information content (AvgIpc) is 2.90. The number of aromatic nitrogens is 1. The summed E-state index contributed by atoms with van der Waals surface area (Å²) in [6, 6.07) is 17.8. The van der Waals surface area contributed by atoms with Gasteiger partial charge < -0.3 is 9.26 Å². The van der Waals surface area contributed by atoms with Crippen molar-refractivity contribution in [3.63, 3.8) is 0 Å². The minimum Gasteiger partial charge on any atom is -0.497 e. The van der Waals surface area contributed by atoms with Crippen molar-refractivity contribution < 1.29 is 9.26 Å². The summed E-state index contributed by atoms with van der Waals surface area (Å²) in [7, 11) is 1.65. The quantitative estimate of drug-likeness (QED) is 0.625. The smallest absolute Gasteiger partial charge is 0.180 e. The van der Waals surface area contributed by atoms with Crippen molar-refractivity contribution >= 4 is 22.6 Å². The highest BCUT2D eigenvalue weighted by Gasteiger charge is 2.16. The van der Waals surface area contributed by atoms with Gasteiger partial charge in [-0.1, -0.05) is 35.5 Å². The van der Waals surface area contributed by atoms with Gasteiger partial charge in [0.2, 0.25) is 0 Å². The third kappa shape index (κ3) is 2.43. The number of hydrogen-bond donors (Lipinski definition) is 0. The van der Waals surface area contributed by atoms with Crippen LogP contribution in [0.4, 0.5) is 0 Å². The van der Waals surface area contributed by atoms with Gasteiger partial charge in [0.05, 0.1) is 10.7 Å². The van der Waals surface area contributed by atoms with E-state index in [0.29, 0.717) is 0 Å². The molecule has 20 heavy (non-hydrogen) atoms. The van der Waals surface area contributed by atoms with Gasteiger partial charge in [-0.05, 0) is 46.9 Å². The van der Waals surface area contributed by atoms with Crippen molar-refractivity contribution in [2.45, 2.75) is 0 Å². The van der Waals surface area contributed by atoms with Crippen LogP contribution < -0.4 is 4.74 Å². The van der Waals surface area contributed by atoms with Crippen LogP contribution in [-0.2, 0) is 0 Å². The predicted octanol–water partition coefficient (Wildman–Crippen LogP) is 4.62. The van der Waals surface area contributed by atoms with Crippen LogP contribution in [0, 0.1) is 3.57 Å². The maximum atomic E-state index is 5.51. The van der Waals surface area contributed by atoms with Crippen LogP contribution >= 0.6 is 22.6 Å². The molecule has 0 bridgehead atoms. The maximum absolute atomic E-state index is 5.51. The van der Waals surface area contributed by atoms with Crippen molar-refractivity contribution in [2.24, 2.45) is 0 Å². The molecule has 3 rings (SSSR count). The fourth-order valence-corrected chi connectivity index (χ4v) is 2.80. The summed E-state index contributed by atoms with van der Waals surface area (Å²) in [5, 5.41) is 4.19. The van der Waals surface area contributed by atoms with Gasteiger partial charge in [-0.25, -0.2) is 0 Å². The highest BCUT2D eigenvalue weighted by Crippen LogP contribution is 2.33. The zero-order valence-electron chi connectivity index (χ0n) is 10.8. The van der Waals surface area contributed by atoms with E-state index in [1.165, 1.54) is 0 Å². The van der Waals surface area contributed by atoms with Gasteiger partial charge in [0.15, 0.2) is 5.76 Å². The lowest BCUT2D eigenvalue weighted by Crippen LogP contribution is -1.83. The first-order valence-electron chi connectivity index (χ1n) is 6.14. The van der Waals surface area contributed by atoms with Gasteiger partial charge in [-0.3, -0.25) is 0 Å². The first kappa shape index (κ1) is 13.2. The minimum absolute atomic E-state index is 0.784. The minimum atomic E-state index is 0.784. The van der Waals surface area contributed by atoms with E-state index < -0.39 is 0 Å². The summed E-state index contributed by atoms with van der Waals surface area (Å²) < 4.78 is 11.7. The van der Waals surface area contributed by atoms with Gasteiger partial charge in [0, 0.05) is 11.1 Å². The van der Waals surface area contributed by atoms with E-state index in [1.54, 1.807) is 7.11 Å². The molecule has 0 aliphatic rings. The summed E-state index contributed by atoms with van der Waals surface area (Å²) in [6.45, 7) is 0. The normalized spacial score (nSPS) is 10.5. The summed E-state index contributed by atoms with van der Waals surface area (Å²) in [4.78, 5) is 0. The maximum Gasteiger partial charge on any atom is 0.180 e. The van der Waals surface area contributed by atoms with Crippen molar-refractivity contribution in [2.75, 3.05) is 7.11 Å². The molecule has 0 saturated heterocycles. The second kappa shape index (κ2) is 5.66. The molecule has 0 amide bonds. The van der Waals surface area contributed by atoms with Gasteiger partial charge in [-0.15, -0.1) is 0 Å². The second-order valence-corrected chi connectivity index (χ2v) is 5.35. The average molecular weight is 377 g/mol. The van der Waals surface area contributed by atoms with Crippen LogP contribution in [0.3, 0.4) is 0 Å². The van der Waals surface area contributed by atoms with Crippen LogP contribution in [0.2, 0.25) is 0 Å². The fraction of sp³-hybridized carbons (Fsp3) is 0.0625. The van der Waals surface area contributed by atoms with E-state index in [2.05, 4.69) is 27.7 Å². The monoisotopic (exact) mass is 377 g/mol. The van der Waals surface area contributed by atoms with Crippen LogP contribution in [0.1, 0.15) is 0 Å². The highest BCUT2D eigenvalue weighted by atomic mass is 127. The Labute approximate surface area is 130 Å². The summed E-state index contributed by atoms with van der Waals surface area (Å²) >= 11 is 2.27. The molecule has 0 unspecified atom stereocenters. The Bertz CT molecular complexity index is 705. The predicted molar refractivity (Wildman–Crippen MR) is 86.6 cm³/mol. The summed E-state index contributed by atoms with van der Waals surface area (Å²) in [5.74, 6) is 1.61. The Morgan fingerprint density at radius 3 is 2.30 bits per heavy atom. The largest absolute Gasteiger partial charge is 0.497 e. The zero-order chi connectivity index (χ0) is 13.9. The van der Waals surface area contributed by atoms with Gasteiger partial charge in [-0.2, -0.15) is 0 Å². The lowest BCUT2D eigenvalue weighted by molar-refractivity contribution is 0.414. The van der Waals surface area contributed by atoms with Crippen molar-refractivity contribution in [3.05, 3.63) is 58.2 Å². The van der Waals surface area contributed by atoms with Crippen LogP contribution in [0.15, 0.2) is 59.1 Å². The molecule has 0 spiro atoms. The number of rotatable bonds is 3. The number of halogens is 1. The molecular formula is C16H12INO2. The number of benzene rings is 2. The summed E-state index contributed by atoms with van der Waals surface area (Å²) in [6.07, 6.45) is 0. The van der Waals surface area contributed by atoms with E-state index in [9.17, 15) is 0 Å². The molecule has 0 fully saturated rings. The molecule has 4 heteroatoms. The molecule has 0 atom stereocenters. The Balaban J connectivity index is 2.01. The number of nitrogens with zero attached hydrogens (tertiary/aromatic N) is 1. The SMILES string of the molecule is COc1ccc(-c2onc(-c3ccccc3)c2I)cc1. The third-order valence-electron chi connectivity index (χ3n) is 3.03. The van der Waals surface area contributed by atoms with E-state index in [4.69, 9.17) is 9.26 Å². The lowest BCUT2D eigenvalue weighted by Gasteiger charge is -2.01. The molecule has 0 N–H and O–H groups in total. The Morgan fingerprint density at radius 1 is 0.950 bits per heavy atom. The molecule has 1 aromatic heterocycles. The molecule has 0 aliphatic carbocycles. The summed E-state index contributed by atoms with van der Waals surface area (Å²) in [5.41, 5.74) is 2.92. The van der Waals surface area contributed by atoms with Crippen LogP contribution in [-0.4, -0.2) is 12.3 Å². The number of hydrogen-bond acceptors (Lipinski definition) is 3. The molecule has 1 heterocycles. The van der Waals surface area contributed by atoms with Crippen LogP contribution in [0.5, 0.6) is 5.75 Å². The van der Waals surface area contributed by atoms with Gasteiger partial charge >= 0.3 is 0 Å². The molecule has 0 radical (unpaired) electrons. The number of ether oxygens (including phenoxy) is 1. The van der Waals surface area contributed by atoms with Crippen molar-refractivity contribution in [1.29, 1.82) is 0 Å². The van der Waals surface area contributed by atoms with Gasteiger partial charge in [0.25, 0.3) is 0 Å². The van der Waals surface area contributed by atoms with E-state index in [0.717, 1.165) is 31.9 Å². The molecule has 0 saturated carbocycles. The van der Waals surface area contributed by atoms with E-state index >= 15 is 0 Å². The van der Waals surface area contributed by atoms with E-state index in [1.807, 2.05) is 54.6 Å². The Morgan fingerprint density at radius 2 is 1.65 bits per heavy atom. The zero-order valence-corrected chi connectivity index (χ0v) is 13.0. The molecule has 0 aliphatic heterocycles. The molecule has 2 aromatic carbocycles. The second-order valence-electron chi connectivity index (χ2n) is 4.27.